The number of nitrogens with zero attached hydrogens (tertiary/aromatic N) is 4. The highest BCUT2D eigenvalue weighted by molar-refractivity contribution is 5.58. The van der Waals surface area contributed by atoms with E-state index in [1.54, 1.807) is 24.1 Å². The Kier molecular flexibility index (Phi) is 3.32. The zero-order valence-electron chi connectivity index (χ0n) is 11.2. The second kappa shape index (κ2) is 5.17. The number of hydrogen-bond donors (Lipinski definition) is 0. The minimum absolute atomic E-state index is 0.228. The van der Waals surface area contributed by atoms with Gasteiger partial charge in [0.05, 0.1) is 6.33 Å². The molecule has 0 spiro atoms. The highest BCUT2D eigenvalue weighted by Gasteiger charge is 2.31. The molecule has 0 aliphatic carbocycles. The lowest BCUT2D eigenvalue weighted by Gasteiger charge is -2.08. The molecule has 0 amide bonds. The average Bonchev–Trinajstić information content (AvgIpc) is 3.06. The van der Waals surface area contributed by atoms with E-state index in [4.69, 9.17) is 4.52 Å². The molecule has 1 aromatic carbocycles. The fourth-order valence-electron chi connectivity index (χ4n) is 1.77. The molecule has 0 atom stereocenters. The Bertz CT molecular complexity index is 777. The van der Waals surface area contributed by atoms with Crippen LogP contribution in [0.25, 0.3) is 23.0 Å². The third-order valence-corrected chi connectivity index (χ3v) is 2.70. The van der Waals surface area contributed by atoms with Crippen molar-refractivity contribution in [1.82, 2.24) is 19.7 Å². The first-order chi connectivity index (χ1) is 10.4. The van der Waals surface area contributed by atoms with Gasteiger partial charge in [-0.2, -0.15) is 4.98 Å². The quantitative estimate of drug-likeness (QED) is 0.744. The lowest BCUT2D eigenvalue weighted by atomic mass is 10.2. The van der Waals surface area contributed by atoms with Gasteiger partial charge in [-0.3, -0.25) is 0 Å². The summed E-state index contributed by atoms with van der Waals surface area (Å²) in [6, 6.07) is 5.18. The Labute approximate surface area is 122 Å². The van der Waals surface area contributed by atoms with Crippen molar-refractivity contribution in [1.29, 1.82) is 0 Å². The van der Waals surface area contributed by atoms with Gasteiger partial charge in [0, 0.05) is 18.8 Å². The van der Waals surface area contributed by atoms with Gasteiger partial charge in [-0.1, -0.05) is 5.16 Å². The van der Waals surface area contributed by atoms with Crippen LogP contribution in [0.4, 0.5) is 13.2 Å². The predicted octanol–water partition coefficient (Wildman–Crippen LogP) is 3.04. The van der Waals surface area contributed by atoms with Crippen molar-refractivity contribution in [2.75, 3.05) is 0 Å². The Morgan fingerprint density at radius 1 is 1.18 bits per heavy atom. The van der Waals surface area contributed by atoms with Gasteiger partial charge in [0.1, 0.15) is 11.4 Å². The molecule has 0 aliphatic heterocycles. The van der Waals surface area contributed by atoms with E-state index in [9.17, 15) is 13.2 Å². The van der Waals surface area contributed by atoms with Crippen LogP contribution in [0.2, 0.25) is 0 Å². The lowest BCUT2D eigenvalue weighted by Crippen LogP contribution is -2.16. The van der Waals surface area contributed by atoms with Gasteiger partial charge < -0.3 is 13.8 Å². The third kappa shape index (κ3) is 3.08. The minimum atomic E-state index is -4.72. The lowest BCUT2D eigenvalue weighted by molar-refractivity contribution is -0.274. The summed E-state index contributed by atoms with van der Waals surface area (Å²) in [5.74, 6) is 0.162. The van der Waals surface area contributed by atoms with Crippen molar-refractivity contribution in [3.05, 3.63) is 36.8 Å². The molecule has 22 heavy (non-hydrogen) atoms. The minimum Gasteiger partial charge on any atom is -0.406 e. The maximum atomic E-state index is 12.1. The van der Waals surface area contributed by atoms with Crippen molar-refractivity contribution in [2.45, 2.75) is 6.36 Å². The van der Waals surface area contributed by atoms with E-state index < -0.39 is 6.36 Å². The first kappa shape index (κ1) is 14.1. The average molecular weight is 310 g/mol. The number of halogens is 3. The standard InChI is InChI=1S/C13H9F3N4O2/c1-20-6-10(17-7-20)12-18-11(19-22-12)8-2-4-9(5-3-8)21-13(14,15)16/h2-7H,1H3. The summed E-state index contributed by atoms with van der Waals surface area (Å²) in [4.78, 5) is 8.22. The summed E-state index contributed by atoms with van der Waals surface area (Å²) in [6.45, 7) is 0. The Morgan fingerprint density at radius 3 is 2.50 bits per heavy atom. The molecule has 2 aromatic heterocycles. The SMILES string of the molecule is Cn1cnc(-c2nc(-c3ccc(OC(F)(F)F)cc3)no2)c1. The van der Waals surface area contributed by atoms with E-state index in [0.717, 1.165) is 0 Å². The molecule has 0 N–H and O–H groups in total. The van der Waals surface area contributed by atoms with Crippen LogP contribution >= 0.6 is 0 Å². The molecular formula is C13H9F3N4O2. The Morgan fingerprint density at radius 2 is 1.91 bits per heavy atom. The molecule has 6 nitrogen and oxygen atoms in total. The maximum Gasteiger partial charge on any atom is 0.573 e. The first-order valence-electron chi connectivity index (χ1n) is 6.09. The predicted molar refractivity (Wildman–Crippen MR) is 68.6 cm³/mol. The van der Waals surface area contributed by atoms with Gasteiger partial charge in [0.2, 0.25) is 5.82 Å². The molecule has 3 aromatic rings. The fourth-order valence-corrected chi connectivity index (χ4v) is 1.77. The number of alkyl halides is 3. The number of benzene rings is 1. The van der Waals surface area contributed by atoms with E-state index >= 15 is 0 Å². The van der Waals surface area contributed by atoms with Gasteiger partial charge in [-0.15, -0.1) is 13.2 Å². The summed E-state index contributed by atoms with van der Waals surface area (Å²) >= 11 is 0. The second-order valence-corrected chi connectivity index (χ2v) is 4.42. The Balaban J connectivity index is 1.81. The topological polar surface area (TPSA) is 66.0 Å². The maximum absolute atomic E-state index is 12.1. The summed E-state index contributed by atoms with van der Waals surface area (Å²) < 4.78 is 46.9. The second-order valence-electron chi connectivity index (χ2n) is 4.42. The number of hydrogen-bond acceptors (Lipinski definition) is 5. The zero-order chi connectivity index (χ0) is 15.7. The number of aryl methyl sites for hydroxylation is 1. The van der Waals surface area contributed by atoms with Crippen LogP contribution in [-0.4, -0.2) is 26.1 Å². The molecule has 0 radical (unpaired) electrons. The third-order valence-electron chi connectivity index (χ3n) is 2.70. The van der Waals surface area contributed by atoms with Crippen molar-refractivity contribution < 1.29 is 22.4 Å². The van der Waals surface area contributed by atoms with Crippen LogP contribution in [0.1, 0.15) is 0 Å². The highest BCUT2D eigenvalue weighted by Crippen LogP contribution is 2.26. The molecule has 0 fully saturated rings. The summed E-state index contributed by atoms with van der Waals surface area (Å²) in [6.07, 6.45) is -1.43. The molecule has 2 heterocycles. The normalized spacial score (nSPS) is 11.6. The monoisotopic (exact) mass is 310 g/mol. The summed E-state index contributed by atoms with van der Waals surface area (Å²) in [5.41, 5.74) is 1.01. The molecular weight excluding hydrogens is 301 g/mol. The van der Waals surface area contributed by atoms with Gasteiger partial charge in [0.25, 0.3) is 5.89 Å². The highest BCUT2D eigenvalue weighted by atomic mass is 19.4. The molecule has 114 valence electrons. The Hall–Kier alpha value is -2.84. The number of rotatable bonds is 3. The number of aromatic nitrogens is 4. The molecule has 0 bridgehead atoms. The number of imidazole rings is 1. The van der Waals surface area contributed by atoms with Crippen molar-refractivity contribution in [2.24, 2.45) is 7.05 Å². The van der Waals surface area contributed by atoms with E-state index in [1.165, 1.54) is 24.3 Å². The molecule has 9 heteroatoms. The molecule has 0 unspecified atom stereocenters. The summed E-state index contributed by atoms with van der Waals surface area (Å²) in [7, 11) is 1.80. The van der Waals surface area contributed by atoms with Gasteiger partial charge in [0.15, 0.2) is 0 Å². The molecule has 0 aliphatic rings. The van der Waals surface area contributed by atoms with Crippen molar-refractivity contribution in [3.63, 3.8) is 0 Å². The molecule has 3 rings (SSSR count). The smallest absolute Gasteiger partial charge is 0.406 e. The van der Waals surface area contributed by atoms with Crippen LogP contribution in [0.15, 0.2) is 41.3 Å². The van der Waals surface area contributed by atoms with E-state index in [2.05, 4.69) is 19.9 Å². The van der Waals surface area contributed by atoms with E-state index in [-0.39, 0.29) is 17.5 Å². The van der Waals surface area contributed by atoms with Crippen molar-refractivity contribution in [3.8, 4) is 28.7 Å². The molecule has 0 saturated carbocycles. The fraction of sp³-hybridized carbons (Fsp3) is 0.154. The van der Waals surface area contributed by atoms with Crippen LogP contribution < -0.4 is 4.74 Å². The number of ether oxygens (including phenoxy) is 1. The summed E-state index contributed by atoms with van der Waals surface area (Å²) in [5, 5.41) is 3.78. The van der Waals surface area contributed by atoms with E-state index in [1.807, 2.05) is 0 Å². The van der Waals surface area contributed by atoms with Crippen LogP contribution in [0, 0.1) is 0 Å². The van der Waals surface area contributed by atoms with Crippen LogP contribution in [-0.2, 0) is 7.05 Å². The molecule has 0 saturated heterocycles. The van der Waals surface area contributed by atoms with Crippen LogP contribution in [0.5, 0.6) is 5.75 Å². The van der Waals surface area contributed by atoms with Gasteiger partial charge in [-0.05, 0) is 24.3 Å². The van der Waals surface area contributed by atoms with Gasteiger partial charge >= 0.3 is 6.36 Å². The van der Waals surface area contributed by atoms with Crippen LogP contribution in [0.3, 0.4) is 0 Å². The van der Waals surface area contributed by atoms with Gasteiger partial charge in [-0.25, -0.2) is 4.98 Å². The van der Waals surface area contributed by atoms with E-state index in [0.29, 0.717) is 11.3 Å². The van der Waals surface area contributed by atoms with Crippen molar-refractivity contribution >= 4 is 0 Å². The largest absolute Gasteiger partial charge is 0.573 e. The zero-order valence-corrected chi connectivity index (χ0v) is 11.2. The first-order valence-corrected chi connectivity index (χ1v) is 6.09.